The first-order valence-corrected chi connectivity index (χ1v) is 8.58. The van der Waals surface area contributed by atoms with E-state index in [0.717, 1.165) is 41.7 Å². The minimum atomic E-state index is 0.116. The minimum Gasteiger partial charge on any atom is -0.363 e. The van der Waals surface area contributed by atoms with E-state index in [0.29, 0.717) is 13.1 Å². The smallest absolute Gasteiger partial charge is 0.254 e. The Labute approximate surface area is 149 Å². The maximum atomic E-state index is 12.7. The van der Waals surface area contributed by atoms with E-state index in [1.807, 2.05) is 68.1 Å². The predicted molar refractivity (Wildman–Crippen MR) is 100 cm³/mol. The highest BCUT2D eigenvalue weighted by atomic mass is 16.2. The lowest BCUT2D eigenvalue weighted by atomic mass is 10.1. The second-order valence-electron chi connectivity index (χ2n) is 6.62. The van der Waals surface area contributed by atoms with Gasteiger partial charge in [0.15, 0.2) is 0 Å². The van der Waals surface area contributed by atoms with Crippen molar-refractivity contribution in [2.45, 2.75) is 13.8 Å². The zero-order valence-electron chi connectivity index (χ0n) is 15.4. The second kappa shape index (κ2) is 7.09. The molecule has 1 aromatic heterocycles. The van der Waals surface area contributed by atoms with Crippen molar-refractivity contribution < 1.29 is 4.79 Å². The third kappa shape index (κ3) is 3.73. The summed E-state index contributed by atoms with van der Waals surface area (Å²) in [6.45, 7) is 6.85. The summed E-state index contributed by atoms with van der Waals surface area (Å²) in [4.78, 5) is 27.9. The largest absolute Gasteiger partial charge is 0.363 e. The lowest BCUT2D eigenvalue weighted by molar-refractivity contribution is 0.0746. The third-order valence-corrected chi connectivity index (χ3v) is 4.54. The molecule has 0 bridgehead atoms. The Balaban J connectivity index is 1.70. The molecular formula is C19H25N5O. The Bertz CT molecular complexity index is 766. The average molecular weight is 339 g/mol. The Morgan fingerprint density at radius 3 is 2.36 bits per heavy atom. The van der Waals surface area contributed by atoms with Crippen molar-refractivity contribution >= 4 is 17.5 Å². The number of hydrogen-bond acceptors (Lipinski definition) is 5. The molecule has 1 aliphatic rings. The van der Waals surface area contributed by atoms with Gasteiger partial charge in [0.05, 0.1) is 0 Å². The van der Waals surface area contributed by atoms with E-state index in [4.69, 9.17) is 0 Å². The molecule has 3 rings (SSSR count). The Morgan fingerprint density at radius 1 is 1.04 bits per heavy atom. The van der Waals surface area contributed by atoms with E-state index in [1.165, 1.54) is 0 Å². The van der Waals surface area contributed by atoms with Gasteiger partial charge < -0.3 is 14.7 Å². The van der Waals surface area contributed by atoms with E-state index >= 15 is 0 Å². The molecule has 0 unspecified atom stereocenters. The van der Waals surface area contributed by atoms with Gasteiger partial charge in [0.1, 0.15) is 17.5 Å². The first-order valence-electron chi connectivity index (χ1n) is 8.58. The van der Waals surface area contributed by atoms with Crippen LogP contribution in [0.2, 0.25) is 0 Å². The summed E-state index contributed by atoms with van der Waals surface area (Å²) in [5.41, 5.74) is 1.82. The molecule has 6 heteroatoms. The van der Waals surface area contributed by atoms with Gasteiger partial charge in [-0.05, 0) is 25.5 Å². The number of piperazine rings is 1. The normalized spacial score (nSPS) is 14.6. The van der Waals surface area contributed by atoms with Gasteiger partial charge in [-0.3, -0.25) is 4.79 Å². The van der Waals surface area contributed by atoms with Crippen LogP contribution in [0.3, 0.4) is 0 Å². The van der Waals surface area contributed by atoms with Gasteiger partial charge in [0, 0.05) is 51.9 Å². The molecule has 1 fully saturated rings. The molecule has 0 radical (unpaired) electrons. The van der Waals surface area contributed by atoms with Gasteiger partial charge in [-0.2, -0.15) is 0 Å². The molecule has 0 saturated carbocycles. The Kier molecular flexibility index (Phi) is 4.88. The minimum absolute atomic E-state index is 0.116. The number of aromatic nitrogens is 2. The number of amides is 1. The average Bonchev–Trinajstić information content (AvgIpc) is 2.61. The monoisotopic (exact) mass is 339 g/mol. The van der Waals surface area contributed by atoms with E-state index in [1.54, 1.807) is 0 Å². The van der Waals surface area contributed by atoms with Crippen LogP contribution in [0.5, 0.6) is 0 Å². The second-order valence-corrected chi connectivity index (χ2v) is 6.62. The lowest BCUT2D eigenvalue weighted by Gasteiger charge is -2.36. The fourth-order valence-corrected chi connectivity index (χ4v) is 3.05. The number of aryl methyl sites for hydroxylation is 2. The van der Waals surface area contributed by atoms with E-state index in [9.17, 15) is 4.79 Å². The summed E-state index contributed by atoms with van der Waals surface area (Å²) in [6.07, 6.45) is 0. The molecule has 1 aliphatic heterocycles. The molecule has 2 aromatic rings. The van der Waals surface area contributed by atoms with Crippen molar-refractivity contribution in [3.63, 3.8) is 0 Å². The zero-order chi connectivity index (χ0) is 18.0. The maximum absolute atomic E-state index is 12.7. The highest BCUT2D eigenvalue weighted by Crippen LogP contribution is 2.20. The summed E-state index contributed by atoms with van der Waals surface area (Å²) < 4.78 is 0. The number of carbonyl (C=O) groups is 1. The summed E-state index contributed by atoms with van der Waals surface area (Å²) in [6, 6.07) is 9.77. The Morgan fingerprint density at radius 2 is 1.72 bits per heavy atom. The molecule has 1 aromatic carbocycles. The molecule has 6 nitrogen and oxygen atoms in total. The van der Waals surface area contributed by atoms with Crippen LogP contribution in [0, 0.1) is 13.8 Å². The van der Waals surface area contributed by atoms with Crippen LogP contribution in [0.4, 0.5) is 11.6 Å². The highest BCUT2D eigenvalue weighted by molar-refractivity contribution is 5.95. The standard InChI is InChI=1S/C19H25N5O/c1-14-7-5-6-8-16(14)19(25)24-11-9-23(10-12-24)18-13-17(22(3)4)20-15(2)21-18/h5-8,13H,9-12H2,1-4H3. The Hall–Kier alpha value is -2.63. The number of anilines is 2. The van der Waals surface area contributed by atoms with Gasteiger partial charge in [-0.1, -0.05) is 18.2 Å². The summed E-state index contributed by atoms with van der Waals surface area (Å²) in [7, 11) is 3.95. The van der Waals surface area contributed by atoms with Gasteiger partial charge in [0.25, 0.3) is 5.91 Å². The molecule has 0 spiro atoms. The van der Waals surface area contributed by atoms with Crippen molar-refractivity contribution in [1.82, 2.24) is 14.9 Å². The predicted octanol–water partition coefficient (Wildman–Crippen LogP) is 2.12. The molecule has 0 aliphatic carbocycles. The van der Waals surface area contributed by atoms with Crippen LogP contribution in [0.25, 0.3) is 0 Å². The number of carbonyl (C=O) groups excluding carboxylic acids is 1. The van der Waals surface area contributed by atoms with Gasteiger partial charge in [-0.15, -0.1) is 0 Å². The van der Waals surface area contributed by atoms with Crippen LogP contribution in [0.15, 0.2) is 30.3 Å². The van der Waals surface area contributed by atoms with Gasteiger partial charge in [0.2, 0.25) is 0 Å². The number of benzene rings is 1. The third-order valence-electron chi connectivity index (χ3n) is 4.54. The topological polar surface area (TPSA) is 52.6 Å². The van der Waals surface area contributed by atoms with E-state index in [-0.39, 0.29) is 5.91 Å². The number of nitrogens with zero attached hydrogens (tertiary/aromatic N) is 5. The quantitative estimate of drug-likeness (QED) is 0.857. The first kappa shape index (κ1) is 17.2. The van der Waals surface area contributed by atoms with Crippen LogP contribution >= 0.6 is 0 Å². The van der Waals surface area contributed by atoms with Gasteiger partial charge >= 0.3 is 0 Å². The summed E-state index contributed by atoms with van der Waals surface area (Å²) in [5, 5.41) is 0. The summed E-state index contributed by atoms with van der Waals surface area (Å²) in [5.74, 6) is 2.71. The molecule has 132 valence electrons. The zero-order valence-corrected chi connectivity index (χ0v) is 15.4. The van der Waals surface area contributed by atoms with Crippen molar-refractivity contribution in [3.8, 4) is 0 Å². The van der Waals surface area contributed by atoms with Crippen molar-refractivity contribution in [3.05, 3.63) is 47.3 Å². The van der Waals surface area contributed by atoms with E-state index < -0.39 is 0 Å². The molecule has 1 amide bonds. The molecular weight excluding hydrogens is 314 g/mol. The molecule has 0 N–H and O–H groups in total. The maximum Gasteiger partial charge on any atom is 0.254 e. The fourth-order valence-electron chi connectivity index (χ4n) is 3.05. The van der Waals surface area contributed by atoms with Crippen LogP contribution in [-0.2, 0) is 0 Å². The molecule has 0 atom stereocenters. The van der Waals surface area contributed by atoms with Crippen molar-refractivity contribution in [2.75, 3.05) is 50.1 Å². The number of rotatable bonds is 3. The fraction of sp³-hybridized carbons (Fsp3) is 0.421. The SMILES string of the molecule is Cc1nc(N(C)C)cc(N2CCN(C(=O)c3ccccc3C)CC2)n1. The molecule has 2 heterocycles. The molecule has 1 saturated heterocycles. The first-order chi connectivity index (χ1) is 12.0. The lowest BCUT2D eigenvalue weighted by Crippen LogP contribution is -2.49. The molecule has 25 heavy (non-hydrogen) atoms. The van der Waals surface area contributed by atoms with Crippen LogP contribution in [-0.4, -0.2) is 61.0 Å². The van der Waals surface area contributed by atoms with E-state index in [2.05, 4.69) is 14.9 Å². The van der Waals surface area contributed by atoms with Crippen molar-refractivity contribution in [1.29, 1.82) is 0 Å². The van der Waals surface area contributed by atoms with Crippen LogP contribution in [0.1, 0.15) is 21.7 Å². The summed E-state index contributed by atoms with van der Waals surface area (Å²) >= 11 is 0. The van der Waals surface area contributed by atoms with Crippen molar-refractivity contribution in [2.24, 2.45) is 0 Å². The van der Waals surface area contributed by atoms with Gasteiger partial charge in [-0.25, -0.2) is 9.97 Å². The number of hydrogen-bond donors (Lipinski definition) is 0. The highest BCUT2D eigenvalue weighted by Gasteiger charge is 2.24. The van der Waals surface area contributed by atoms with Crippen LogP contribution < -0.4 is 9.80 Å².